The van der Waals surface area contributed by atoms with E-state index in [1.54, 1.807) is 6.92 Å². The van der Waals surface area contributed by atoms with Crippen LogP contribution in [0.5, 0.6) is 0 Å². The largest absolute Gasteiger partial charge is 0.300 e. The zero-order valence-corrected chi connectivity index (χ0v) is 8.68. The maximum absolute atomic E-state index is 10.7. The van der Waals surface area contributed by atoms with E-state index in [1.807, 2.05) is 0 Å². The predicted molar refractivity (Wildman–Crippen MR) is 53.1 cm³/mol. The Morgan fingerprint density at radius 3 is 2.25 bits per heavy atom. The average Bonchev–Trinajstić information content (AvgIpc) is 1.96. The fraction of sp³-hybridized carbons (Fsp3) is 0.727. The van der Waals surface area contributed by atoms with E-state index in [2.05, 4.69) is 26.8 Å². The van der Waals surface area contributed by atoms with Crippen LogP contribution < -0.4 is 0 Å². The Morgan fingerprint density at radius 2 is 1.83 bits per heavy atom. The fourth-order valence-corrected chi connectivity index (χ4v) is 0.912. The molecular weight excluding hydrogens is 148 g/mol. The fourth-order valence-electron chi connectivity index (χ4n) is 0.912. The molecule has 12 heavy (non-hydrogen) atoms. The normalized spacial score (nSPS) is 12.2. The van der Waals surface area contributed by atoms with Crippen molar-refractivity contribution in [3.8, 4) is 0 Å². The lowest BCUT2D eigenvalue weighted by atomic mass is 10.0. The van der Waals surface area contributed by atoms with E-state index < -0.39 is 0 Å². The van der Waals surface area contributed by atoms with Gasteiger partial charge in [-0.25, -0.2) is 0 Å². The van der Waals surface area contributed by atoms with Gasteiger partial charge in [0.1, 0.15) is 5.78 Å². The van der Waals surface area contributed by atoms with Crippen molar-refractivity contribution in [2.75, 3.05) is 0 Å². The van der Waals surface area contributed by atoms with Crippen LogP contribution in [0.2, 0.25) is 0 Å². The Balaban J connectivity index is 3.63. The van der Waals surface area contributed by atoms with Crippen LogP contribution in [-0.4, -0.2) is 5.78 Å². The first-order valence-corrected chi connectivity index (χ1v) is 4.67. The minimum Gasteiger partial charge on any atom is -0.300 e. The third kappa shape index (κ3) is 7.52. The van der Waals surface area contributed by atoms with Crippen LogP contribution >= 0.6 is 0 Å². The summed E-state index contributed by atoms with van der Waals surface area (Å²) in [7, 11) is 0. The predicted octanol–water partition coefficient (Wildman–Crippen LogP) is 3.35. The average molecular weight is 168 g/mol. The number of Topliss-reactive ketones (excluding diaryl/α,β-unsaturated/α-hetero) is 1. The molecule has 0 heterocycles. The Labute approximate surface area is 75.9 Å². The summed E-state index contributed by atoms with van der Waals surface area (Å²) in [5, 5.41) is 0. The van der Waals surface area contributed by atoms with E-state index in [0.717, 1.165) is 18.8 Å². The molecule has 0 aromatic rings. The Hall–Kier alpha value is -0.590. The van der Waals surface area contributed by atoms with Crippen molar-refractivity contribution in [2.24, 2.45) is 5.92 Å². The van der Waals surface area contributed by atoms with Crippen LogP contribution in [0.4, 0.5) is 0 Å². The highest BCUT2D eigenvalue weighted by atomic mass is 16.1. The van der Waals surface area contributed by atoms with Crippen molar-refractivity contribution in [2.45, 2.75) is 47.0 Å². The van der Waals surface area contributed by atoms with Crippen LogP contribution in [0, 0.1) is 5.92 Å². The first kappa shape index (κ1) is 11.4. The van der Waals surface area contributed by atoms with Crippen molar-refractivity contribution < 1.29 is 4.79 Å². The van der Waals surface area contributed by atoms with Gasteiger partial charge in [0.25, 0.3) is 0 Å². The summed E-state index contributed by atoms with van der Waals surface area (Å²) in [5.41, 5.74) is 1.35. The maximum Gasteiger partial charge on any atom is 0.130 e. The molecule has 0 atom stereocenters. The third-order valence-corrected chi connectivity index (χ3v) is 1.81. The third-order valence-electron chi connectivity index (χ3n) is 1.81. The molecule has 0 unspecified atom stereocenters. The highest BCUT2D eigenvalue weighted by Crippen LogP contribution is 2.09. The monoisotopic (exact) mass is 168 g/mol. The van der Waals surface area contributed by atoms with Gasteiger partial charge in [0.05, 0.1) is 0 Å². The van der Waals surface area contributed by atoms with Crippen LogP contribution in [0.25, 0.3) is 0 Å². The zero-order valence-electron chi connectivity index (χ0n) is 8.68. The molecule has 0 aromatic heterocycles. The van der Waals surface area contributed by atoms with Crippen molar-refractivity contribution >= 4 is 5.78 Å². The van der Waals surface area contributed by atoms with Gasteiger partial charge in [-0.05, 0) is 32.6 Å². The molecule has 0 aliphatic rings. The Morgan fingerprint density at radius 1 is 1.25 bits per heavy atom. The molecular formula is C11H20O. The van der Waals surface area contributed by atoms with Crippen molar-refractivity contribution in [3.63, 3.8) is 0 Å². The minimum atomic E-state index is 0.285. The minimum absolute atomic E-state index is 0.285. The molecule has 0 bridgehead atoms. The van der Waals surface area contributed by atoms with Crippen LogP contribution in [0.1, 0.15) is 47.0 Å². The van der Waals surface area contributed by atoms with Gasteiger partial charge in [0.2, 0.25) is 0 Å². The molecule has 1 heteroatoms. The summed E-state index contributed by atoms with van der Waals surface area (Å²) in [4.78, 5) is 10.7. The Bertz CT molecular complexity index is 166. The van der Waals surface area contributed by atoms with Crippen molar-refractivity contribution in [3.05, 3.63) is 11.6 Å². The zero-order chi connectivity index (χ0) is 9.56. The molecule has 0 spiro atoms. The molecule has 0 fully saturated rings. The van der Waals surface area contributed by atoms with E-state index in [1.165, 1.54) is 5.57 Å². The Kier molecular flexibility index (Phi) is 5.69. The molecule has 0 rings (SSSR count). The maximum atomic E-state index is 10.7. The summed E-state index contributed by atoms with van der Waals surface area (Å²) >= 11 is 0. The topological polar surface area (TPSA) is 17.1 Å². The van der Waals surface area contributed by atoms with Crippen LogP contribution in [0.3, 0.4) is 0 Å². The molecule has 70 valence electrons. The second-order valence-electron chi connectivity index (χ2n) is 3.88. The summed E-state index contributed by atoms with van der Waals surface area (Å²) in [6.07, 6.45) is 5.00. The second kappa shape index (κ2) is 5.99. The number of ketones is 1. The van der Waals surface area contributed by atoms with Gasteiger partial charge in [-0.1, -0.05) is 25.5 Å². The molecule has 0 amide bonds. The second-order valence-corrected chi connectivity index (χ2v) is 3.88. The standard InChI is InChI=1S/C11H20O/c1-9(2)5-6-10(3)7-8-11(4)12/h6,9H,5,7-8H2,1-4H3/b10-6+. The number of hydrogen-bond acceptors (Lipinski definition) is 1. The van der Waals surface area contributed by atoms with Crippen molar-refractivity contribution in [1.82, 2.24) is 0 Å². The lowest BCUT2D eigenvalue weighted by molar-refractivity contribution is -0.116. The lowest BCUT2D eigenvalue weighted by Gasteiger charge is -2.01. The highest BCUT2D eigenvalue weighted by molar-refractivity contribution is 5.75. The number of allylic oxidation sites excluding steroid dienone is 2. The molecule has 0 radical (unpaired) electrons. The smallest absolute Gasteiger partial charge is 0.130 e. The summed E-state index contributed by atoms with van der Waals surface area (Å²) in [6, 6.07) is 0. The van der Waals surface area contributed by atoms with E-state index in [0.29, 0.717) is 6.42 Å². The first-order chi connectivity index (χ1) is 5.52. The molecule has 0 saturated heterocycles. The number of hydrogen-bond donors (Lipinski definition) is 0. The highest BCUT2D eigenvalue weighted by Gasteiger charge is 1.95. The number of carbonyl (C=O) groups is 1. The van der Waals surface area contributed by atoms with E-state index in [-0.39, 0.29) is 5.78 Å². The first-order valence-electron chi connectivity index (χ1n) is 4.67. The molecule has 0 aromatic carbocycles. The number of rotatable bonds is 5. The SMILES string of the molecule is CC(=O)CC/C(C)=C/CC(C)C. The van der Waals surface area contributed by atoms with E-state index in [9.17, 15) is 4.79 Å². The lowest BCUT2D eigenvalue weighted by Crippen LogP contribution is -1.91. The van der Waals surface area contributed by atoms with E-state index >= 15 is 0 Å². The van der Waals surface area contributed by atoms with Gasteiger partial charge in [-0.2, -0.15) is 0 Å². The molecule has 0 aliphatic heterocycles. The summed E-state index contributed by atoms with van der Waals surface area (Å²) in [5.74, 6) is 1.00. The molecule has 0 saturated carbocycles. The quantitative estimate of drug-likeness (QED) is 0.575. The van der Waals surface area contributed by atoms with Crippen LogP contribution in [-0.2, 0) is 4.79 Å². The number of carbonyl (C=O) groups excluding carboxylic acids is 1. The van der Waals surface area contributed by atoms with Crippen LogP contribution in [0.15, 0.2) is 11.6 Å². The molecule has 1 nitrogen and oxygen atoms in total. The molecule has 0 N–H and O–H groups in total. The van der Waals surface area contributed by atoms with E-state index in [4.69, 9.17) is 0 Å². The summed E-state index contributed by atoms with van der Waals surface area (Å²) in [6.45, 7) is 8.16. The van der Waals surface area contributed by atoms with Gasteiger partial charge in [-0.15, -0.1) is 0 Å². The van der Waals surface area contributed by atoms with Gasteiger partial charge >= 0.3 is 0 Å². The summed E-state index contributed by atoms with van der Waals surface area (Å²) < 4.78 is 0. The molecule has 0 aliphatic carbocycles. The van der Waals surface area contributed by atoms with Gasteiger partial charge < -0.3 is 4.79 Å². The van der Waals surface area contributed by atoms with Gasteiger partial charge in [0, 0.05) is 6.42 Å². The van der Waals surface area contributed by atoms with Gasteiger partial charge in [-0.3, -0.25) is 0 Å². The van der Waals surface area contributed by atoms with Gasteiger partial charge in [0.15, 0.2) is 0 Å². The van der Waals surface area contributed by atoms with Crippen molar-refractivity contribution in [1.29, 1.82) is 0 Å².